The fourth-order valence-electron chi connectivity index (χ4n) is 4.42. The lowest BCUT2D eigenvalue weighted by molar-refractivity contribution is -0.132. The van der Waals surface area contributed by atoms with Gasteiger partial charge in [0, 0.05) is 38.4 Å². The number of methoxy groups -OCH3 is 1. The maximum absolute atomic E-state index is 14.0. The summed E-state index contributed by atoms with van der Waals surface area (Å²) in [5, 5.41) is 0. The van der Waals surface area contributed by atoms with Crippen LogP contribution < -0.4 is 4.74 Å². The molecule has 2 aliphatic rings. The zero-order valence-electron chi connectivity index (χ0n) is 18.8. The van der Waals surface area contributed by atoms with Gasteiger partial charge in [0.15, 0.2) is 11.6 Å². The molecule has 7 heteroatoms. The monoisotopic (exact) mass is 441 g/mol. The molecule has 2 heterocycles. The highest BCUT2D eigenvalue weighted by atomic mass is 19.1. The minimum atomic E-state index is -0.331. The third-order valence-corrected chi connectivity index (χ3v) is 6.25. The van der Waals surface area contributed by atoms with Crippen molar-refractivity contribution in [2.24, 2.45) is 0 Å². The molecule has 1 aromatic heterocycles. The Labute approximate surface area is 189 Å². The first-order valence-electron chi connectivity index (χ1n) is 11.4. The van der Waals surface area contributed by atoms with Crippen molar-refractivity contribution in [1.29, 1.82) is 0 Å². The van der Waals surface area contributed by atoms with Crippen LogP contribution in [0, 0.1) is 5.82 Å². The van der Waals surface area contributed by atoms with Gasteiger partial charge in [-0.2, -0.15) is 0 Å². The molecule has 6 nitrogen and oxygen atoms in total. The number of halogens is 1. The Bertz CT molecular complexity index is 921. The van der Waals surface area contributed by atoms with Crippen LogP contribution in [0.2, 0.25) is 0 Å². The van der Waals surface area contributed by atoms with Gasteiger partial charge < -0.3 is 14.1 Å². The lowest BCUT2D eigenvalue weighted by atomic mass is 10.0. The number of carbonyl (C=O) groups is 1. The van der Waals surface area contributed by atoms with Gasteiger partial charge in [0.2, 0.25) is 5.91 Å². The van der Waals surface area contributed by atoms with Crippen LogP contribution in [0.25, 0.3) is 0 Å². The molecule has 0 spiro atoms. The van der Waals surface area contributed by atoms with E-state index in [1.165, 1.54) is 13.5 Å². The summed E-state index contributed by atoms with van der Waals surface area (Å²) in [5.74, 6) is 0.869. The topological polar surface area (TPSA) is 49.2 Å². The zero-order valence-corrected chi connectivity index (χ0v) is 18.8. The first-order chi connectivity index (χ1) is 15.6. The number of carbonyl (C=O) groups excluding carboxylic acids is 1. The molecule has 1 saturated heterocycles. The van der Waals surface area contributed by atoms with Gasteiger partial charge in [-0.1, -0.05) is 12.1 Å². The molecule has 0 atom stereocenters. The van der Waals surface area contributed by atoms with Gasteiger partial charge in [0.05, 0.1) is 26.5 Å². The van der Waals surface area contributed by atoms with Crippen molar-refractivity contribution in [3.63, 3.8) is 0 Å². The highest BCUT2D eigenvalue weighted by Crippen LogP contribution is 2.24. The Hall–Kier alpha value is -2.64. The lowest BCUT2D eigenvalue weighted by Crippen LogP contribution is -2.49. The highest BCUT2D eigenvalue weighted by Gasteiger charge is 2.25. The molecule has 1 aliphatic heterocycles. The van der Waals surface area contributed by atoms with Crippen LogP contribution >= 0.6 is 0 Å². The normalized spacial score (nSPS) is 17.8. The molecule has 2 aromatic rings. The number of benzene rings is 1. The van der Waals surface area contributed by atoms with Crippen molar-refractivity contribution in [2.45, 2.75) is 38.8 Å². The Morgan fingerprint density at radius 2 is 1.97 bits per heavy atom. The molecule has 1 fully saturated rings. The van der Waals surface area contributed by atoms with Crippen LogP contribution in [0.1, 0.15) is 37.0 Å². The SMILES string of the molecule is COc1ccc(CN2CCN(CC(=O)N(Cc3ccco3)C3=CCCCC3)CC2)cc1F. The number of piperazine rings is 1. The number of hydrogen-bond acceptors (Lipinski definition) is 5. The molecular weight excluding hydrogens is 409 g/mol. The molecule has 32 heavy (non-hydrogen) atoms. The third kappa shape index (κ3) is 5.78. The number of hydrogen-bond donors (Lipinski definition) is 0. The second kappa shape index (κ2) is 10.8. The van der Waals surface area contributed by atoms with E-state index in [9.17, 15) is 9.18 Å². The highest BCUT2D eigenvalue weighted by molar-refractivity contribution is 5.80. The van der Waals surface area contributed by atoms with Gasteiger partial charge in [-0.15, -0.1) is 0 Å². The molecule has 1 aliphatic carbocycles. The van der Waals surface area contributed by atoms with Crippen molar-refractivity contribution in [2.75, 3.05) is 39.8 Å². The fraction of sp³-hybridized carbons (Fsp3) is 0.480. The number of ether oxygens (including phenoxy) is 1. The van der Waals surface area contributed by atoms with Gasteiger partial charge in [-0.25, -0.2) is 4.39 Å². The molecule has 1 aromatic carbocycles. The van der Waals surface area contributed by atoms with Crippen molar-refractivity contribution >= 4 is 5.91 Å². The smallest absolute Gasteiger partial charge is 0.241 e. The number of allylic oxidation sites excluding steroid dienone is 2. The van der Waals surface area contributed by atoms with Crippen LogP contribution in [0.5, 0.6) is 5.75 Å². The van der Waals surface area contributed by atoms with E-state index in [0.717, 1.165) is 62.5 Å². The van der Waals surface area contributed by atoms with Crippen LogP contribution in [-0.4, -0.2) is 60.4 Å². The van der Waals surface area contributed by atoms with Crippen molar-refractivity contribution in [1.82, 2.24) is 14.7 Å². The van der Waals surface area contributed by atoms with Crippen molar-refractivity contribution < 1.29 is 18.3 Å². The predicted octanol–water partition coefficient (Wildman–Crippen LogP) is 4.03. The van der Waals surface area contributed by atoms with E-state index in [0.29, 0.717) is 19.6 Å². The Balaban J connectivity index is 1.31. The second-order valence-electron chi connectivity index (χ2n) is 8.52. The summed E-state index contributed by atoms with van der Waals surface area (Å²) in [6, 6.07) is 8.90. The average Bonchev–Trinajstić information content (AvgIpc) is 3.33. The summed E-state index contributed by atoms with van der Waals surface area (Å²) < 4.78 is 24.5. The largest absolute Gasteiger partial charge is 0.494 e. The van der Waals surface area contributed by atoms with E-state index < -0.39 is 0 Å². The maximum Gasteiger partial charge on any atom is 0.241 e. The summed E-state index contributed by atoms with van der Waals surface area (Å²) in [5.41, 5.74) is 2.06. The lowest BCUT2D eigenvalue weighted by Gasteiger charge is -2.36. The van der Waals surface area contributed by atoms with E-state index in [4.69, 9.17) is 9.15 Å². The van der Waals surface area contributed by atoms with Gasteiger partial charge >= 0.3 is 0 Å². The minimum absolute atomic E-state index is 0.125. The summed E-state index contributed by atoms with van der Waals surface area (Å²) in [6.07, 6.45) is 8.14. The van der Waals surface area contributed by atoms with Crippen LogP contribution in [-0.2, 0) is 17.9 Å². The zero-order chi connectivity index (χ0) is 22.3. The van der Waals surface area contributed by atoms with Crippen LogP contribution in [0.15, 0.2) is 52.8 Å². The number of nitrogens with zero attached hydrogens (tertiary/aromatic N) is 3. The summed E-state index contributed by atoms with van der Waals surface area (Å²) in [4.78, 5) is 19.7. The average molecular weight is 442 g/mol. The summed E-state index contributed by atoms with van der Waals surface area (Å²) >= 11 is 0. The molecular formula is C25H32FN3O3. The van der Waals surface area contributed by atoms with Gasteiger partial charge in [0.1, 0.15) is 5.76 Å². The van der Waals surface area contributed by atoms with Gasteiger partial charge in [-0.3, -0.25) is 14.6 Å². The Morgan fingerprint density at radius 3 is 2.62 bits per heavy atom. The minimum Gasteiger partial charge on any atom is -0.494 e. The molecule has 1 amide bonds. The molecule has 4 rings (SSSR count). The molecule has 0 N–H and O–H groups in total. The second-order valence-corrected chi connectivity index (χ2v) is 8.52. The summed E-state index contributed by atoms with van der Waals surface area (Å²) in [7, 11) is 1.47. The molecule has 0 unspecified atom stereocenters. The summed E-state index contributed by atoms with van der Waals surface area (Å²) in [6.45, 7) is 4.92. The van der Waals surface area contributed by atoms with E-state index in [2.05, 4.69) is 15.9 Å². The molecule has 0 saturated carbocycles. The molecule has 172 valence electrons. The Kier molecular flexibility index (Phi) is 7.60. The van der Waals surface area contributed by atoms with E-state index in [1.807, 2.05) is 23.1 Å². The molecule has 0 bridgehead atoms. The van der Waals surface area contributed by atoms with Crippen LogP contribution in [0.3, 0.4) is 0 Å². The number of rotatable bonds is 8. The maximum atomic E-state index is 14.0. The van der Waals surface area contributed by atoms with Crippen LogP contribution in [0.4, 0.5) is 4.39 Å². The predicted molar refractivity (Wildman–Crippen MR) is 120 cm³/mol. The van der Waals surface area contributed by atoms with E-state index >= 15 is 0 Å². The quantitative estimate of drug-likeness (QED) is 0.619. The van der Waals surface area contributed by atoms with E-state index in [1.54, 1.807) is 18.4 Å². The number of furan rings is 1. The fourth-order valence-corrected chi connectivity index (χ4v) is 4.42. The Morgan fingerprint density at radius 1 is 1.16 bits per heavy atom. The standard InChI is InChI=1S/C25H32FN3O3/c1-31-24-10-9-20(16-23(24)26)17-27-11-13-28(14-12-27)19-25(30)29(18-22-8-5-15-32-22)21-6-3-2-4-7-21/h5-6,8-10,15-16H,2-4,7,11-14,17-19H2,1H3. The van der Waals surface area contributed by atoms with Gasteiger partial charge in [-0.05, 0) is 55.5 Å². The molecule has 0 radical (unpaired) electrons. The van der Waals surface area contributed by atoms with Crippen molar-refractivity contribution in [3.05, 3.63) is 65.5 Å². The van der Waals surface area contributed by atoms with Crippen molar-refractivity contribution in [3.8, 4) is 5.75 Å². The van der Waals surface area contributed by atoms with E-state index in [-0.39, 0.29) is 17.5 Å². The third-order valence-electron chi connectivity index (χ3n) is 6.25. The number of amides is 1. The first kappa shape index (κ1) is 22.6. The van der Waals surface area contributed by atoms with Gasteiger partial charge in [0.25, 0.3) is 0 Å². The first-order valence-corrected chi connectivity index (χ1v) is 11.4.